The largest absolute Gasteiger partial charge is 0.756 e. The van der Waals surface area contributed by atoms with E-state index in [9.17, 15) is 19.4 Å². The van der Waals surface area contributed by atoms with Crippen LogP contribution < -0.4 is 10.2 Å². The zero-order valence-electron chi connectivity index (χ0n) is 42.8. The van der Waals surface area contributed by atoms with Crippen LogP contribution in [-0.2, 0) is 18.4 Å². The second-order valence-electron chi connectivity index (χ2n) is 20.3. The molecule has 0 saturated heterocycles. The Balaban J connectivity index is 4.15. The van der Waals surface area contributed by atoms with Crippen molar-refractivity contribution in [1.29, 1.82) is 0 Å². The van der Waals surface area contributed by atoms with Crippen LogP contribution in [0.5, 0.6) is 0 Å². The van der Waals surface area contributed by atoms with E-state index in [0.717, 1.165) is 38.5 Å². The monoisotopic (exact) mass is 913 g/mol. The Morgan fingerprint density at radius 1 is 0.540 bits per heavy atom. The van der Waals surface area contributed by atoms with E-state index in [1.807, 2.05) is 21.1 Å². The molecule has 0 heterocycles. The van der Waals surface area contributed by atoms with Crippen molar-refractivity contribution in [2.75, 3.05) is 40.9 Å². The van der Waals surface area contributed by atoms with Gasteiger partial charge >= 0.3 is 0 Å². The summed E-state index contributed by atoms with van der Waals surface area (Å²) < 4.78 is 23.4. The molecule has 0 aromatic carbocycles. The van der Waals surface area contributed by atoms with Gasteiger partial charge in [-0.25, -0.2) is 0 Å². The summed E-state index contributed by atoms with van der Waals surface area (Å²) in [5.41, 5.74) is 0. The fourth-order valence-corrected chi connectivity index (χ4v) is 9.11. The lowest BCUT2D eigenvalue weighted by Crippen LogP contribution is -2.46. The number of quaternary nitrogens is 1. The van der Waals surface area contributed by atoms with Crippen LogP contribution in [0.2, 0.25) is 0 Å². The number of rotatable bonds is 51. The van der Waals surface area contributed by atoms with Crippen LogP contribution in [0, 0.1) is 0 Å². The highest BCUT2D eigenvalue weighted by Gasteiger charge is 2.24. The van der Waals surface area contributed by atoms with Gasteiger partial charge in [0.1, 0.15) is 13.2 Å². The van der Waals surface area contributed by atoms with Gasteiger partial charge in [0.2, 0.25) is 5.91 Å². The molecule has 63 heavy (non-hydrogen) atoms. The number of hydrogen-bond acceptors (Lipinski definition) is 6. The Kier molecular flexibility index (Phi) is 45.8. The van der Waals surface area contributed by atoms with E-state index in [-0.39, 0.29) is 19.1 Å². The molecule has 9 heteroatoms. The van der Waals surface area contributed by atoms with Gasteiger partial charge in [0.05, 0.1) is 39.9 Å². The summed E-state index contributed by atoms with van der Waals surface area (Å²) in [7, 11) is 1.32. The number of hydrogen-bond donors (Lipinski definition) is 2. The molecule has 1 amide bonds. The van der Waals surface area contributed by atoms with Crippen molar-refractivity contribution < 1.29 is 32.9 Å². The molecule has 0 aliphatic carbocycles. The van der Waals surface area contributed by atoms with Gasteiger partial charge in [0, 0.05) is 6.42 Å². The molecule has 0 aliphatic heterocycles. The van der Waals surface area contributed by atoms with E-state index in [1.165, 1.54) is 212 Å². The van der Waals surface area contributed by atoms with Crippen molar-refractivity contribution in [3.63, 3.8) is 0 Å². The highest BCUT2D eigenvalue weighted by Crippen LogP contribution is 2.38. The van der Waals surface area contributed by atoms with Gasteiger partial charge in [-0.05, 0) is 38.5 Å². The SMILES string of the molecule is CCCCCCCCCCCCCC/C=C\CCCCCCCCCCCC(=O)NC(COP(=O)([O-])OCC[N+](C)(C)C)C(O)CCCCCCCCCCCCCCCCCC. The van der Waals surface area contributed by atoms with Crippen LogP contribution in [0.25, 0.3) is 0 Å². The molecule has 2 N–H and O–H groups in total. The standard InChI is InChI=1S/C54H109N2O6P/c1-6-8-10-12-14-16-18-20-22-24-25-26-27-28-29-30-31-32-34-36-38-40-42-44-46-48-54(58)55-52(51-62-63(59,60)61-50-49-56(3,4)5)53(57)47-45-43-41-39-37-35-33-23-21-19-17-15-13-11-9-7-2/h28-29,52-53,57H,6-27,30-51H2,1-5H3,(H-,55,58,59,60)/b29-28-. The quantitative estimate of drug-likeness (QED) is 0.0272. The van der Waals surface area contributed by atoms with E-state index in [4.69, 9.17) is 9.05 Å². The molecule has 0 radical (unpaired) electrons. The molecule has 0 fully saturated rings. The number of phosphoric acid groups is 1. The van der Waals surface area contributed by atoms with Gasteiger partial charge in [-0.15, -0.1) is 0 Å². The van der Waals surface area contributed by atoms with Crippen LogP contribution >= 0.6 is 7.82 Å². The van der Waals surface area contributed by atoms with Crippen LogP contribution in [-0.4, -0.2) is 68.5 Å². The molecular weight excluding hydrogens is 804 g/mol. The Morgan fingerprint density at radius 3 is 1.24 bits per heavy atom. The fourth-order valence-electron chi connectivity index (χ4n) is 8.39. The minimum atomic E-state index is -4.57. The highest BCUT2D eigenvalue weighted by atomic mass is 31.2. The first kappa shape index (κ1) is 62.2. The van der Waals surface area contributed by atoms with E-state index < -0.39 is 20.0 Å². The van der Waals surface area contributed by atoms with Crippen LogP contribution in [0.1, 0.15) is 277 Å². The van der Waals surface area contributed by atoms with Crippen molar-refractivity contribution in [2.45, 2.75) is 289 Å². The van der Waals surface area contributed by atoms with E-state index in [0.29, 0.717) is 23.9 Å². The number of carbonyl (C=O) groups excluding carboxylic acids is 1. The lowest BCUT2D eigenvalue weighted by Gasteiger charge is -2.30. The average molecular weight is 913 g/mol. The predicted molar refractivity (Wildman–Crippen MR) is 270 cm³/mol. The Morgan fingerprint density at radius 2 is 0.873 bits per heavy atom. The van der Waals surface area contributed by atoms with Gasteiger partial charge in [0.15, 0.2) is 0 Å². The molecule has 0 aliphatic rings. The molecule has 0 aromatic rings. The van der Waals surface area contributed by atoms with Crippen molar-refractivity contribution in [1.82, 2.24) is 5.32 Å². The van der Waals surface area contributed by atoms with Gasteiger partial charge in [-0.1, -0.05) is 244 Å². The van der Waals surface area contributed by atoms with E-state index in [2.05, 4.69) is 31.3 Å². The second kappa shape index (κ2) is 46.4. The molecule has 0 aromatic heterocycles. The highest BCUT2D eigenvalue weighted by molar-refractivity contribution is 7.45. The summed E-state index contributed by atoms with van der Waals surface area (Å²) in [6.07, 6.45) is 55.2. The number of nitrogens with one attached hydrogen (secondary N) is 1. The molecule has 0 saturated carbocycles. The minimum absolute atomic E-state index is 0.0141. The van der Waals surface area contributed by atoms with Crippen LogP contribution in [0.4, 0.5) is 0 Å². The number of carbonyl (C=O) groups is 1. The number of unbranched alkanes of at least 4 members (excludes halogenated alkanes) is 36. The summed E-state index contributed by atoms with van der Waals surface area (Å²) in [6, 6.07) is -0.798. The molecule has 3 unspecified atom stereocenters. The molecule has 3 atom stereocenters. The van der Waals surface area contributed by atoms with Gasteiger partial charge in [-0.2, -0.15) is 0 Å². The number of likely N-dealkylation sites (N-methyl/N-ethyl adjacent to an activating group) is 1. The van der Waals surface area contributed by atoms with E-state index >= 15 is 0 Å². The number of aliphatic hydroxyl groups excluding tert-OH is 1. The number of aliphatic hydroxyl groups is 1. The Hall–Kier alpha value is -0.760. The summed E-state index contributed by atoms with van der Waals surface area (Å²) in [5, 5.41) is 14.0. The first-order valence-electron chi connectivity index (χ1n) is 27.5. The van der Waals surface area contributed by atoms with Crippen LogP contribution in [0.3, 0.4) is 0 Å². The molecule has 0 spiro atoms. The maximum Gasteiger partial charge on any atom is 0.268 e. The van der Waals surface area contributed by atoms with E-state index in [1.54, 1.807) is 0 Å². The lowest BCUT2D eigenvalue weighted by atomic mass is 10.0. The van der Waals surface area contributed by atoms with Crippen LogP contribution in [0.15, 0.2) is 12.2 Å². The molecule has 0 bridgehead atoms. The van der Waals surface area contributed by atoms with Crippen molar-refractivity contribution >= 4 is 13.7 Å². The third-order valence-corrected chi connectivity index (χ3v) is 13.7. The fraction of sp³-hybridized carbons (Fsp3) is 0.944. The zero-order chi connectivity index (χ0) is 46.4. The number of nitrogens with zero attached hydrogens (tertiary/aromatic N) is 1. The van der Waals surface area contributed by atoms with Crippen molar-refractivity contribution in [3.05, 3.63) is 12.2 Å². The van der Waals surface area contributed by atoms with Gasteiger partial charge < -0.3 is 28.8 Å². The smallest absolute Gasteiger partial charge is 0.268 e. The molecule has 8 nitrogen and oxygen atoms in total. The summed E-state index contributed by atoms with van der Waals surface area (Å²) in [4.78, 5) is 25.5. The maximum absolute atomic E-state index is 13.0. The van der Waals surface area contributed by atoms with Crippen molar-refractivity contribution in [3.8, 4) is 0 Å². The topological polar surface area (TPSA) is 108 Å². The van der Waals surface area contributed by atoms with Gasteiger partial charge in [-0.3, -0.25) is 9.36 Å². The zero-order valence-corrected chi connectivity index (χ0v) is 43.7. The lowest BCUT2D eigenvalue weighted by molar-refractivity contribution is -0.870. The number of amides is 1. The first-order valence-corrected chi connectivity index (χ1v) is 29.0. The maximum atomic E-state index is 13.0. The Bertz CT molecular complexity index is 1040. The number of allylic oxidation sites excluding steroid dienone is 2. The molecular formula is C54H109N2O6P. The summed E-state index contributed by atoms with van der Waals surface area (Å²) in [6.45, 7) is 4.76. The van der Waals surface area contributed by atoms with Crippen molar-refractivity contribution in [2.24, 2.45) is 0 Å². The minimum Gasteiger partial charge on any atom is -0.756 e. The molecule has 0 rings (SSSR count). The summed E-state index contributed by atoms with van der Waals surface area (Å²) in [5.74, 6) is -0.163. The Labute approximate surface area is 392 Å². The summed E-state index contributed by atoms with van der Waals surface area (Å²) >= 11 is 0. The first-order chi connectivity index (χ1) is 30.5. The third kappa shape index (κ3) is 49.0. The molecule has 376 valence electrons. The average Bonchev–Trinajstić information content (AvgIpc) is 3.24. The van der Waals surface area contributed by atoms with Gasteiger partial charge in [0.25, 0.3) is 7.82 Å². The predicted octanol–water partition coefficient (Wildman–Crippen LogP) is 15.6. The number of phosphoric ester groups is 1. The normalized spacial score (nSPS) is 14.1. The second-order valence-corrected chi connectivity index (χ2v) is 21.7. The third-order valence-electron chi connectivity index (χ3n) is 12.8.